The topological polar surface area (TPSA) is 35.6 Å². The molecule has 6 heteroatoms. The first-order chi connectivity index (χ1) is 9.97. The average molecular weight is 419 g/mol. The lowest BCUT2D eigenvalue weighted by Gasteiger charge is -2.33. The lowest BCUT2D eigenvalue weighted by molar-refractivity contribution is -0.130. The zero-order valence-corrected chi connectivity index (χ0v) is 15.6. The van der Waals surface area contributed by atoms with Crippen molar-refractivity contribution in [2.24, 2.45) is 0 Å². The van der Waals surface area contributed by atoms with E-state index in [2.05, 4.69) is 42.1 Å². The van der Waals surface area contributed by atoms with Crippen molar-refractivity contribution in [2.45, 2.75) is 18.9 Å². The van der Waals surface area contributed by atoms with Gasteiger partial charge in [0.2, 0.25) is 5.91 Å². The number of nitrogens with one attached hydrogen (secondary N) is 1. The lowest BCUT2D eigenvalue weighted by atomic mass is 10.0. The van der Waals surface area contributed by atoms with Gasteiger partial charge in [0.25, 0.3) is 0 Å². The number of hydrogen-bond acceptors (Lipinski definition) is 3. The molecule has 1 fully saturated rings. The average Bonchev–Trinajstić information content (AvgIpc) is 2.44. The molecule has 0 atom stereocenters. The molecule has 0 aromatic heterocycles. The van der Waals surface area contributed by atoms with Gasteiger partial charge in [-0.05, 0) is 56.8 Å². The summed E-state index contributed by atoms with van der Waals surface area (Å²) < 4.78 is 2.14. The summed E-state index contributed by atoms with van der Waals surface area (Å²) in [6.07, 6.45) is 2.10. The minimum Gasteiger partial charge on any atom is -0.380 e. The van der Waals surface area contributed by atoms with E-state index in [0.717, 1.165) is 40.6 Å². The fraction of sp³-hybridized carbons (Fsp3) is 0.533. The second kappa shape index (κ2) is 7.61. The number of benzene rings is 1. The summed E-state index contributed by atoms with van der Waals surface area (Å²) in [5.74, 6) is 0.176. The number of likely N-dealkylation sites (N-methyl/N-ethyl adjacent to an activating group) is 1. The highest BCUT2D eigenvalue weighted by Crippen LogP contribution is 2.32. The van der Waals surface area contributed by atoms with Gasteiger partial charge in [0.15, 0.2) is 0 Å². The Bertz CT molecular complexity index is 479. The van der Waals surface area contributed by atoms with Gasteiger partial charge in [0.05, 0.1) is 12.2 Å². The van der Waals surface area contributed by atoms with E-state index < -0.39 is 0 Å². The Hall–Kier alpha value is -0.590. The van der Waals surface area contributed by atoms with Crippen LogP contribution in [0.5, 0.6) is 0 Å². The van der Waals surface area contributed by atoms with Crippen LogP contribution in [0.25, 0.3) is 0 Å². The maximum Gasteiger partial charge on any atom is 0.236 e. The lowest BCUT2D eigenvalue weighted by Crippen LogP contribution is -2.44. The predicted molar refractivity (Wildman–Crippen MR) is 93.6 cm³/mol. The monoisotopic (exact) mass is 417 g/mol. The zero-order valence-electron chi connectivity index (χ0n) is 12.4. The van der Waals surface area contributed by atoms with Gasteiger partial charge in [-0.3, -0.25) is 9.69 Å². The van der Waals surface area contributed by atoms with Crippen molar-refractivity contribution in [3.8, 4) is 0 Å². The zero-order chi connectivity index (χ0) is 15.4. The normalized spacial score (nSPS) is 16.8. The number of anilines is 1. The summed E-state index contributed by atoms with van der Waals surface area (Å²) in [6, 6.07) is 6.54. The van der Waals surface area contributed by atoms with Gasteiger partial charge >= 0.3 is 0 Å². The van der Waals surface area contributed by atoms with Crippen molar-refractivity contribution in [2.75, 3.05) is 39.0 Å². The highest BCUT2D eigenvalue weighted by Gasteiger charge is 2.22. The fourth-order valence-corrected chi connectivity index (χ4v) is 3.64. The predicted octanol–water partition coefficient (Wildman–Crippen LogP) is 3.18. The molecule has 1 heterocycles. The van der Waals surface area contributed by atoms with Crippen molar-refractivity contribution >= 4 is 43.5 Å². The highest BCUT2D eigenvalue weighted by molar-refractivity contribution is 9.11. The van der Waals surface area contributed by atoms with Crippen LogP contribution in [0.1, 0.15) is 12.8 Å². The maximum atomic E-state index is 11.7. The van der Waals surface area contributed by atoms with E-state index in [1.165, 1.54) is 0 Å². The number of carbonyl (C=O) groups excluding carboxylic acids is 1. The number of halogens is 2. The molecule has 116 valence electrons. The number of rotatable bonds is 4. The minimum absolute atomic E-state index is 0.176. The van der Waals surface area contributed by atoms with Gasteiger partial charge in [0.1, 0.15) is 0 Å². The van der Waals surface area contributed by atoms with E-state index in [1.54, 1.807) is 19.0 Å². The molecule has 2 rings (SSSR count). The maximum absolute atomic E-state index is 11.7. The Morgan fingerprint density at radius 2 is 1.86 bits per heavy atom. The van der Waals surface area contributed by atoms with Crippen molar-refractivity contribution in [1.29, 1.82) is 0 Å². The van der Waals surface area contributed by atoms with Gasteiger partial charge < -0.3 is 10.2 Å². The molecule has 0 bridgehead atoms. The molecule has 1 saturated heterocycles. The molecule has 1 aromatic carbocycles. The second-order valence-corrected chi connectivity index (χ2v) is 7.29. The molecule has 1 aliphatic heterocycles. The van der Waals surface area contributed by atoms with Crippen LogP contribution in [0.2, 0.25) is 0 Å². The van der Waals surface area contributed by atoms with Crippen molar-refractivity contribution < 1.29 is 4.79 Å². The van der Waals surface area contributed by atoms with E-state index in [4.69, 9.17) is 0 Å². The number of carbonyl (C=O) groups is 1. The number of nitrogens with zero attached hydrogens (tertiary/aromatic N) is 2. The van der Waals surface area contributed by atoms with Crippen LogP contribution >= 0.6 is 31.9 Å². The van der Waals surface area contributed by atoms with E-state index in [9.17, 15) is 4.79 Å². The number of hydrogen-bond donors (Lipinski definition) is 1. The Morgan fingerprint density at radius 3 is 2.38 bits per heavy atom. The molecule has 21 heavy (non-hydrogen) atoms. The van der Waals surface area contributed by atoms with Gasteiger partial charge in [-0.2, -0.15) is 0 Å². The molecular formula is C15H21Br2N3O. The third kappa shape index (κ3) is 4.69. The Morgan fingerprint density at radius 1 is 1.29 bits per heavy atom. The van der Waals surface area contributed by atoms with Crippen LogP contribution in [0.15, 0.2) is 27.1 Å². The summed E-state index contributed by atoms with van der Waals surface area (Å²) in [5.41, 5.74) is 1.11. The smallest absolute Gasteiger partial charge is 0.236 e. The molecular weight excluding hydrogens is 398 g/mol. The number of likely N-dealkylation sites (tertiary alicyclic amines) is 1. The number of amides is 1. The molecule has 1 N–H and O–H groups in total. The van der Waals surface area contributed by atoms with Crippen LogP contribution in [0, 0.1) is 0 Å². The van der Waals surface area contributed by atoms with Gasteiger partial charge in [0, 0.05) is 42.2 Å². The Kier molecular flexibility index (Phi) is 6.08. The summed E-state index contributed by atoms with van der Waals surface area (Å²) in [4.78, 5) is 15.6. The molecule has 0 spiro atoms. The Labute approximate surface area is 143 Å². The fourth-order valence-electron chi connectivity index (χ4n) is 2.41. The third-order valence-corrected chi connectivity index (χ3v) is 5.08. The quantitative estimate of drug-likeness (QED) is 0.815. The summed E-state index contributed by atoms with van der Waals surface area (Å²) in [6.45, 7) is 2.44. The van der Waals surface area contributed by atoms with Crippen molar-refractivity contribution in [3.63, 3.8) is 0 Å². The minimum atomic E-state index is 0.176. The molecule has 1 amide bonds. The molecule has 1 aromatic rings. The number of piperidine rings is 1. The molecule has 0 radical (unpaired) electrons. The van der Waals surface area contributed by atoms with Gasteiger partial charge in [-0.1, -0.05) is 6.07 Å². The van der Waals surface area contributed by atoms with E-state index >= 15 is 0 Å². The van der Waals surface area contributed by atoms with Gasteiger partial charge in [-0.15, -0.1) is 0 Å². The van der Waals surface area contributed by atoms with Crippen LogP contribution in [0.3, 0.4) is 0 Å². The third-order valence-electron chi connectivity index (χ3n) is 3.76. The summed E-state index contributed by atoms with van der Waals surface area (Å²) in [7, 11) is 3.61. The summed E-state index contributed by atoms with van der Waals surface area (Å²) in [5, 5.41) is 3.60. The highest BCUT2D eigenvalue weighted by atomic mass is 79.9. The van der Waals surface area contributed by atoms with Crippen LogP contribution in [-0.4, -0.2) is 55.5 Å². The first-order valence-electron chi connectivity index (χ1n) is 7.10. The van der Waals surface area contributed by atoms with Crippen molar-refractivity contribution in [3.05, 3.63) is 27.1 Å². The molecule has 0 saturated carbocycles. The van der Waals surface area contributed by atoms with Gasteiger partial charge in [-0.25, -0.2) is 0 Å². The first kappa shape index (κ1) is 16.8. The molecule has 0 unspecified atom stereocenters. The first-order valence-corrected chi connectivity index (χ1v) is 8.69. The van der Waals surface area contributed by atoms with Crippen molar-refractivity contribution in [1.82, 2.24) is 9.80 Å². The largest absolute Gasteiger partial charge is 0.380 e. The van der Waals surface area contributed by atoms with E-state index in [1.807, 2.05) is 18.2 Å². The van der Waals surface area contributed by atoms with Crippen LogP contribution in [0.4, 0.5) is 5.69 Å². The van der Waals surface area contributed by atoms with Crippen LogP contribution in [-0.2, 0) is 4.79 Å². The standard InChI is InChI=1S/C15H21Br2N3O/c1-19(2)14(21)10-20-8-6-11(7-9-20)18-15-12(16)4-3-5-13(15)17/h3-5,11,18H,6-10H2,1-2H3. The SMILES string of the molecule is CN(C)C(=O)CN1CCC(Nc2c(Br)cccc2Br)CC1. The second-order valence-electron chi connectivity index (χ2n) is 5.58. The molecule has 1 aliphatic rings. The summed E-state index contributed by atoms with van der Waals surface area (Å²) >= 11 is 7.16. The molecule has 4 nitrogen and oxygen atoms in total. The van der Waals surface area contributed by atoms with E-state index in [0.29, 0.717) is 12.6 Å². The Balaban J connectivity index is 1.86. The molecule has 0 aliphatic carbocycles. The van der Waals surface area contributed by atoms with Crippen LogP contribution < -0.4 is 5.32 Å². The van der Waals surface area contributed by atoms with E-state index in [-0.39, 0.29) is 5.91 Å². The number of para-hydroxylation sites is 1.